The minimum absolute atomic E-state index is 0.278. The molecule has 0 fully saturated rings. The van der Waals surface area contributed by atoms with Crippen LogP contribution >= 0.6 is 56.7 Å². The molecule has 19 heteroatoms. The van der Waals surface area contributed by atoms with Crippen LogP contribution in [-0.4, -0.2) is 81.7 Å². The van der Waals surface area contributed by atoms with Crippen LogP contribution in [0.25, 0.3) is 62.8 Å². The number of carbonyl (C=O) groups is 1. The Bertz CT molecular complexity index is 3350. The molecule has 6 aromatic rings. The summed E-state index contributed by atoms with van der Waals surface area (Å²) in [5.41, 5.74) is 6.53. The highest BCUT2D eigenvalue weighted by atomic mass is 32.1. The average Bonchev–Trinajstić information content (AvgIpc) is 4.30. The van der Waals surface area contributed by atoms with Crippen LogP contribution in [0, 0.1) is 17.2 Å². The Labute approximate surface area is 441 Å². The smallest absolute Gasteiger partial charge is 0.346 e. The number of fused-ring (bicyclic) bond motifs is 8. The molecule has 14 nitrogen and oxygen atoms in total. The molecule has 13 rings (SSSR count). The van der Waals surface area contributed by atoms with Crippen LogP contribution in [0.2, 0.25) is 0 Å². The second-order valence-electron chi connectivity index (χ2n) is 18.4. The maximum atomic E-state index is 11.9. The number of ether oxygens (including phenoxy) is 10. The van der Waals surface area contributed by atoms with Crippen molar-refractivity contribution in [2.75, 3.05) is 66.1 Å². The first kappa shape index (κ1) is 46.7. The van der Waals surface area contributed by atoms with Gasteiger partial charge in [-0.15, -0.1) is 56.7 Å². The Hall–Kier alpha value is -6.04. The van der Waals surface area contributed by atoms with Crippen molar-refractivity contribution in [3.8, 4) is 103 Å². The summed E-state index contributed by atoms with van der Waals surface area (Å²) in [6.07, 6.45) is 17.4. The van der Waals surface area contributed by atoms with Crippen LogP contribution in [0.15, 0.2) is 11.6 Å². The third-order valence-electron chi connectivity index (χ3n) is 14.1. The number of rotatable bonds is 13. The van der Waals surface area contributed by atoms with E-state index >= 15 is 0 Å². The van der Waals surface area contributed by atoms with E-state index in [1.807, 2.05) is 0 Å². The van der Waals surface area contributed by atoms with Gasteiger partial charge in [0.1, 0.15) is 77.7 Å². The van der Waals surface area contributed by atoms with Crippen molar-refractivity contribution < 1.29 is 57.3 Å². The first-order chi connectivity index (χ1) is 35.9. The number of carboxylic acid groups (broad SMARTS) is 1. The summed E-state index contributed by atoms with van der Waals surface area (Å²) >= 11 is 7.56. The molecular formula is C54H50N2O12S5. The van der Waals surface area contributed by atoms with Gasteiger partial charge in [-0.2, -0.15) is 5.26 Å². The quantitative estimate of drug-likeness (QED) is 0.0861. The van der Waals surface area contributed by atoms with Gasteiger partial charge >= 0.3 is 5.97 Å². The number of aliphatic carboxylic acids is 1. The molecule has 1 unspecified atom stereocenters. The summed E-state index contributed by atoms with van der Waals surface area (Å²) in [4.78, 5) is 20.0. The van der Waals surface area contributed by atoms with E-state index in [-0.39, 0.29) is 6.61 Å². The number of nitrogens with zero attached hydrogens (tertiary/aromatic N) is 2. The van der Waals surface area contributed by atoms with Crippen LogP contribution in [-0.2, 0) is 24.2 Å². The minimum Gasteiger partial charge on any atom is -0.485 e. The topological polar surface area (TPSA) is 158 Å². The summed E-state index contributed by atoms with van der Waals surface area (Å²) in [5.74, 6) is 5.36. The first-order valence-corrected chi connectivity index (χ1v) is 29.1. The molecule has 1 N–H and O–H groups in total. The second-order valence-corrected chi connectivity index (χ2v) is 23.6. The normalized spacial score (nSPS) is 17.4. The van der Waals surface area contributed by atoms with Crippen LogP contribution in [0.3, 0.4) is 0 Å². The van der Waals surface area contributed by atoms with Crippen LogP contribution < -0.4 is 47.4 Å². The maximum absolute atomic E-state index is 11.9. The van der Waals surface area contributed by atoms with Crippen LogP contribution in [0.4, 0.5) is 0 Å². The predicted molar refractivity (Wildman–Crippen MR) is 285 cm³/mol. The number of unbranched alkanes of at least 4 members (excludes halogenated alkanes) is 1. The molecule has 2 aliphatic carbocycles. The maximum Gasteiger partial charge on any atom is 0.346 e. The van der Waals surface area contributed by atoms with E-state index in [1.165, 1.54) is 93.9 Å². The fraction of sp³-hybridized carbons (Fsp3) is 0.407. The summed E-state index contributed by atoms with van der Waals surface area (Å²) in [6, 6.07) is 1.78. The molecule has 0 bridgehead atoms. The molecule has 7 aliphatic rings. The van der Waals surface area contributed by atoms with E-state index in [4.69, 9.17) is 47.4 Å². The van der Waals surface area contributed by atoms with E-state index < -0.39 is 11.5 Å². The van der Waals surface area contributed by atoms with Gasteiger partial charge in [-0.3, -0.25) is 0 Å². The lowest BCUT2D eigenvalue weighted by Gasteiger charge is -2.23. The number of aromatic nitrogens is 1. The lowest BCUT2D eigenvalue weighted by atomic mass is 9.92. The summed E-state index contributed by atoms with van der Waals surface area (Å²) < 4.78 is 67.1. The molecule has 6 aromatic heterocycles. The second kappa shape index (κ2) is 19.3. The highest BCUT2D eigenvalue weighted by molar-refractivity contribution is 7.31. The SMILES string of the molecule is CCCCC(CC)Cn1c2c(c3c1CCC(c1sc(-c4sc(-c5sc(-c6sc(-c7sc(/C=C(\C#N)C(=O)O)c8c7OCCO8)c7c6OCCO7)c6c5OCCO6)c5c4OCCO5)c4c1OCCO4)=C3)C=CCC2. The average molecular weight is 1080 g/mol. The third kappa shape index (κ3) is 7.89. The Balaban J connectivity index is 0.913. The Morgan fingerprint density at radius 3 is 1.48 bits per heavy atom. The zero-order chi connectivity index (χ0) is 49.3. The number of hydrogen-bond acceptors (Lipinski definition) is 17. The molecule has 0 saturated carbocycles. The van der Waals surface area contributed by atoms with E-state index in [1.54, 1.807) is 28.7 Å². The molecular weight excluding hydrogens is 1030 g/mol. The Kier molecular flexibility index (Phi) is 12.4. The molecule has 0 saturated heterocycles. The third-order valence-corrected chi connectivity index (χ3v) is 20.5. The fourth-order valence-corrected chi connectivity index (χ4v) is 17.1. The molecule has 378 valence electrons. The monoisotopic (exact) mass is 1080 g/mol. The molecule has 0 amide bonds. The molecule has 11 heterocycles. The van der Waals surface area contributed by atoms with Crippen molar-refractivity contribution in [2.24, 2.45) is 5.92 Å². The lowest BCUT2D eigenvalue weighted by Crippen LogP contribution is -2.17. The minimum atomic E-state index is -1.33. The van der Waals surface area contributed by atoms with Crippen molar-refractivity contribution >= 4 is 86.5 Å². The zero-order valence-corrected chi connectivity index (χ0v) is 44.3. The zero-order valence-electron chi connectivity index (χ0n) is 40.2. The van der Waals surface area contributed by atoms with Crippen LogP contribution in [0.5, 0.6) is 57.5 Å². The first-order valence-electron chi connectivity index (χ1n) is 25.0. The van der Waals surface area contributed by atoms with Crippen LogP contribution in [0.1, 0.15) is 84.6 Å². The highest BCUT2D eigenvalue weighted by Gasteiger charge is 2.40. The van der Waals surface area contributed by atoms with Gasteiger partial charge < -0.3 is 57.0 Å². The molecule has 1 atom stereocenters. The van der Waals surface area contributed by atoms with Gasteiger partial charge in [0.25, 0.3) is 0 Å². The van der Waals surface area contributed by atoms with Gasteiger partial charge in [0.15, 0.2) is 57.5 Å². The van der Waals surface area contributed by atoms with Gasteiger partial charge in [-0.1, -0.05) is 45.3 Å². The van der Waals surface area contributed by atoms with Gasteiger partial charge in [0.2, 0.25) is 0 Å². The van der Waals surface area contributed by atoms with Crippen molar-refractivity contribution in [3.05, 3.63) is 43.9 Å². The number of thiophene rings is 5. The largest absolute Gasteiger partial charge is 0.485 e. The molecule has 0 aromatic carbocycles. The van der Waals surface area contributed by atoms with Crippen molar-refractivity contribution in [2.45, 2.75) is 71.8 Å². The van der Waals surface area contributed by atoms with E-state index in [9.17, 15) is 15.2 Å². The molecule has 0 radical (unpaired) electrons. The highest BCUT2D eigenvalue weighted by Crippen LogP contribution is 2.67. The van der Waals surface area contributed by atoms with Gasteiger partial charge in [0.05, 0.1) is 48.8 Å². The molecule has 0 spiro atoms. The van der Waals surface area contributed by atoms with E-state index in [0.29, 0.717) is 121 Å². The fourth-order valence-electron chi connectivity index (χ4n) is 10.7. The number of carboxylic acids is 1. The van der Waals surface area contributed by atoms with Gasteiger partial charge in [-0.05, 0) is 55.7 Å². The summed E-state index contributed by atoms with van der Waals surface area (Å²) in [7, 11) is 0. The summed E-state index contributed by atoms with van der Waals surface area (Å²) in [6.45, 7) is 9.37. The van der Waals surface area contributed by atoms with Crippen molar-refractivity contribution in [1.82, 2.24) is 4.57 Å². The number of nitriles is 1. The van der Waals surface area contributed by atoms with E-state index in [2.05, 4.69) is 36.6 Å². The van der Waals surface area contributed by atoms with E-state index in [0.717, 1.165) is 82.7 Å². The Morgan fingerprint density at radius 2 is 1.03 bits per heavy atom. The standard InChI is InChI=1S/C54H50N2O12S5/c1-3-5-8-27(4-2)26-56-32-10-7-6-9-30(32)31-23-28(11-12-33(31)56)45-37-38(62-16-15-61-37)48(70-45)49-41-42(66-20-19-65-41)52(72-49)53-44-43(67-21-22-68-44)51(73-53)50-40-39(63-17-18-64-40)47(71-50)46-36-35(59-13-14-60-36)34(69-46)24-29(25-55)54(57)58/h6,9,23-24,27H,3-5,7-8,10-22,26H2,1-2H3,(H,57,58)/b29-24+. The molecule has 73 heavy (non-hydrogen) atoms. The molecule has 5 aliphatic heterocycles. The van der Waals surface area contributed by atoms with Crippen molar-refractivity contribution in [3.63, 3.8) is 0 Å². The van der Waals surface area contributed by atoms with Crippen molar-refractivity contribution in [1.29, 1.82) is 5.26 Å². The van der Waals surface area contributed by atoms with Gasteiger partial charge in [0, 0.05) is 29.1 Å². The predicted octanol–water partition coefficient (Wildman–Crippen LogP) is 13.0. The van der Waals surface area contributed by atoms with Gasteiger partial charge in [-0.25, -0.2) is 4.79 Å². The number of hydrogen-bond donors (Lipinski definition) is 1. The number of allylic oxidation sites excluding steroid dienone is 2. The lowest BCUT2D eigenvalue weighted by molar-refractivity contribution is -0.132. The summed E-state index contributed by atoms with van der Waals surface area (Å²) in [5, 5.41) is 19.3. The Morgan fingerprint density at radius 1 is 0.603 bits per heavy atom.